The van der Waals surface area contributed by atoms with Crippen LogP contribution < -0.4 is 0 Å². The highest BCUT2D eigenvalue weighted by molar-refractivity contribution is 6.34. The Hall–Kier alpha value is -0.0151. The lowest BCUT2D eigenvalue weighted by Gasteiger charge is -2.37. The molecule has 0 aromatic carbocycles. The van der Waals surface area contributed by atoms with Crippen LogP contribution in [0.2, 0.25) is 6.82 Å². The predicted molar refractivity (Wildman–Crippen MR) is 70.0 cm³/mol. The Kier molecular flexibility index (Phi) is 4.87. The number of hydrogen-bond acceptors (Lipinski definition) is 2. The second kappa shape index (κ2) is 5.55. The summed E-state index contributed by atoms with van der Waals surface area (Å²) < 4.78 is 12.0. The van der Waals surface area contributed by atoms with Crippen LogP contribution in [0.3, 0.4) is 0 Å². The third kappa shape index (κ3) is 3.01. The third-order valence-corrected chi connectivity index (χ3v) is 3.80. The molecular formula is C13H27BO2. The lowest BCUT2D eigenvalue weighted by atomic mass is 9.76. The molecule has 1 aliphatic rings. The normalized spacial score (nSPS) is 32.4. The number of rotatable bonds is 5. The van der Waals surface area contributed by atoms with Gasteiger partial charge in [0.25, 0.3) is 0 Å². The minimum Gasteiger partial charge on any atom is -0.358 e. The molecule has 0 amide bonds. The molecule has 1 rings (SSSR count). The molecule has 16 heavy (non-hydrogen) atoms. The van der Waals surface area contributed by atoms with Gasteiger partial charge in [-0.25, -0.2) is 0 Å². The maximum Gasteiger partial charge on any atom is 0.189 e. The molecule has 0 N–H and O–H groups in total. The Morgan fingerprint density at radius 1 is 1.25 bits per heavy atom. The monoisotopic (exact) mass is 226 g/mol. The van der Waals surface area contributed by atoms with Crippen LogP contribution in [0.25, 0.3) is 0 Å². The molecule has 0 aromatic rings. The van der Waals surface area contributed by atoms with E-state index in [1.54, 1.807) is 0 Å². The van der Waals surface area contributed by atoms with Crippen molar-refractivity contribution in [1.29, 1.82) is 0 Å². The second-order valence-electron chi connectivity index (χ2n) is 5.96. The van der Waals surface area contributed by atoms with Gasteiger partial charge in [0.15, 0.2) is 7.28 Å². The zero-order valence-electron chi connectivity index (χ0n) is 11.7. The molecule has 3 heteroatoms. The van der Waals surface area contributed by atoms with Crippen molar-refractivity contribution < 1.29 is 9.47 Å². The van der Waals surface area contributed by atoms with Gasteiger partial charge in [0.1, 0.15) is 6.19 Å². The van der Waals surface area contributed by atoms with Crippen molar-refractivity contribution in [2.45, 2.75) is 59.7 Å². The molecular weight excluding hydrogens is 199 g/mol. The van der Waals surface area contributed by atoms with Crippen LogP contribution in [0, 0.1) is 17.8 Å². The van der Waals surface area contributed by atoms with Crippen LogP contribution in [-0.2, 0) is 9.47 Å². The van der Waals surface area contributed by atoms with Gasteiger partial charge in [0, 0.05) is 0 Å². The zero-order chi connectivity index (χ0) is 12.3. The van der Waals surface area contributed by atoms with E-state index in [0.717, 1.165) is 20.3 Å². The molecule has 3 unspecified atom stereocenters. The molecule has 0 aliphatic carbocycles. The SMILES string of the molecule is CBC1OCC(CC(C)C)(C(C)C(C)C)O1. The van der Waals surface area contributed by atoms with Crippen molar-refractivity contribution in [1.82, 2.24) is 0 Å². The fraction of sp³-hybridized carbons (Fsp3) is 1.00. The first-order valence-electron chi connectivity index (χ1n) is 6.70. The molecule has 0 spiro atoms. The average Bonchev–Trinajstić information content (AvgIpc) is 2.60. The molecule has 2 nitrogen and oxygen atoms in total. The standard InChI is InChI=1S/C13H27BO2/c1-9(2)7-13(11(5)10(3)4)8-15-12(14-6)16-13/h9-12,14H,7-8H2,1-6H3. The van der Waals surface area contributed by atoms with Crippen molar-refractivity contribution >= 4 is 7.28 Å². The molecule has 3 atom stereocenters. The molecule has 1 saturated heterocycles. The highest BCUT2D eigenvalue weighted by Gasteiger charge is 2.46. The topological polar surface area (TPSA) is 18.5 Å². The molecule has 94 valence electrons. The summed E-state index contributed by atoms with van der Waals surface area (Å²) in [6.45, 7) is 14.3. The highest BCUT2D eigenvalue weighted by Crippen LogP contribution is 2.39. The fourth-order valence-corrected chi connectivity index (χ4v) is 2.60. The van der Waals surface area contributed by atoms with E-state index in [0.29, 0.717) is 17.8 Å². The van der Waals surface area contributed by atoms with Gasteiger partial charge in [0.2, 0.25) is 0 Å². The van der Waals surface area contributed by atoms with E-state index in [1.165, 1.54) is 0 Å². The molecule has 1 aliphatic heterocycles. The lowest BCUT2D eigenvalue weighted by molar-refractivity contribution is -0.0845. The van der Waals surface area contributed by atoms with Crippen LogP contribution in [0.15, 0.2) is 0 Å². The molecule has 1 heterocycles. The Morgan fingerprint density at radius 2 is 1.88 bits per heavy atom. The van der Waals surface area contributed by atoms with Gasteiger partial charge in [-0.3, -0.25) is 0 Å². The Morgan fingerprint density at radius 3 is 2.25 bits per heavy atom. The second-order valence-corrected chi connectivity index (χ2v) is 5.96. The van der Waals surface area contributed by atoms with Gasteiger partial charge < -0.3 is 9.47 Å². The molecule has 0 radical (unpaired) electrons. The number of ether oxygens (including phenoxy) is 2. The van der Waals surface area contributed by atoms with Crippen LogP contribution in [0.1, 0.15) is 41.0 Å². The minimum atomic E-state index is -0.0526. The highest BCUT2D eigenvalue weighted by atomic mass is 16.7. The number of hydrogen-bond donors (Lipinski definition) is 0. The lowest BCUT2D eigenvalue weighted by Crippen LogP contribution is -2.43. The van der Waals surface area contributed by atoms with Gasteiger partial charge in [-0.2, -0.15) is 0 Å². The van der Waals surface area contributed by atoms with Crippen molar-refractivity contribution in [2.75, 3.05) is 6.61 Å². The Bertz CT molecular complexity index is 218. The van der Waals surface area contributed by atoms with E-state index in [2.05, 4.69) is 41.4 Å². The van der Waals surface area contributed by atoms with Gasteiger partial charge >= 0.3 is 0 Å². The maximum absolute atomic E-state index is 6.21. The summed E-state index contributed by atoms with van der Waals surface area (Å²) in [6, 6.07) is 0. The predicted octanol–water partition coefficient (Wildman–Crippen LogP) is 2.88. The summed E-state index contributed by atoms with van der Waals surface area (Å²) in [4.78, 5) is 0. The van der Waals surface area contributed by atoms with Crippen LogP contribution in [0.4, 0.5) is 0 Å². The van der Waals surface area contributed by atoms with Gasteiger partial charge in [-0.1, -0.05) is 41.4 Å². The van der Waals surface area contributed by atoms with Crippen LogP contribution >= 0.6 is 0 Å². The molecule has 0 aromatic heterocycles. The van der Waals surface area contributed by atoms with Crippen molar-refractivity contribution in [3.63, 3.8) is 0 Å². The summed E-state index contributed by atoms with van der Waals surface area (Å²) >= 11 is 0. The van der Waals surface area contributed by atoms with Crippen LogP contribution in [-0.4, -0.2) is 25.7 Å². The summed E-state index contributed by atoms with van der Waals surface area (Å²) in [5.41, 5.74) is -0.0526. The van der Waals surface area contributed by atoms with Gasteiger partial charge in [-0.05, 0) is 24.2 Å². The molecule has 0 saturated carbocycles. The summed E-state index contributed by atoms with van der Waals surface area (Å²) in [5, 5.41) is 0. The molecule has 0 bridgehead atoms. The largest absolute Gasteiger partial charge is 0.358 e. The van der Waals surface area contributed by atoms with E-state index in [9.17, 15) is 0 Å². The van der Waals surface area contributed by atoms with Crippen molar-refractivity contribution in [3.8, 4) is 0 Å². The first kappa shape index (κ1) is 14.0. The minimum absolute atomic E-state index is 0.0138. The van der Waals surface area contributed by atoms with E-state index in [-0.39, 0.29) is 11.8 Å². The van der Waals surface area contributed by atoms with Crippen LogP contribution in [0.5, 0.6) is 0 Å². The Labute approximate surface area is 101 Å². The zero-order valence-corrected chi connectivity index (χ0v) is 11.7. The maximum atomic E-state index is 6.21. The van der Waals surface area contributed by atoms with Gasteiger partial charge in [-0.15, -0.1) is 0 Å². The quantitative estimate of drug-likeness (QED) is 0.671. The smallest absolute Gasteiger partial charge is 0.189 e. The summed E-state index contributed by atoms with van der Waals surface area (Å²) in [7, 11) is 0.949. The average molecular weight is 226 g/mol. The van der Waals surface area contributed by atoms with Gasteiger partial charge in [0.05, 0.1) is 12.2 Å². The van der Waals surface area contributed by atoms with Crippen molar-refractivity contribution in [2.24, 2.45) is 17.8 Å². The third-order valence-electron chi connectivity index (χ3n) is 3.80. The summed E-state index contributed by atoms with van der Waals surface area (Å²) in [6.07, 6.45) is 1.11. The van der Waals surface area contributed by atoms with E-state index < -0.39 is 0 Å². The first-order valence-corrected chi connectivity index (χ1v) is 6.70. The summed E-state index contributed by atoms with van der Waals surface area (Å²) in [5.74, 6) is 1.84. The van der Waals surface area contributed by atoms with E-state index in [4.69, 9.17) is 9.47 Å². The van der Waals surface area contributed by atoms with Crippen molar-refractivity contribution in [3.05, 3.63) is 0 Å². The molecule has 1 fully saturated rings. The Balaban J connectivity index is 2.78. The first-order chi connectivity index (χ1) is 7.41. The van der Waals surface area contributed by atoms with E-state index in [1.807, 2.05) is 0 Å². The van der Waals surface area contributed by atoms with E-state index >= 15 is 0 Å². The fourth-order valence-electron chi connectivity index (χ4n) is 2.60.